The minimum absolute atomic E-state index is 0.317. The molecule has 0 amide bonds. The van der Waals surface area contributed by atoms with Crippen molar-refractivity contribution in [2.24, 2.45) is 0 Å². The third-order valence-corrected chi connectivity index (χ3v) is 3.01. The van der Waals surface area contributed by atoms with Gasteiger partial charge in [0.2, 0.25) is 0 Å². The van der Waals surface area contributed by atoms with Gasteiger partial charge in [-0.25, -0.2) is 4.79 Å². The molecule has 0 fully saturated rings. The normalized spacial score (nSPS) is 12.6. The molecule has 1 unspecified atom stereocenters. The van der Waals surface area contributed by atoms with Crippen molar-refractivity contribution in [3.05, 3.63) is 29.7 Å². The van der Waals surface area contributed by atoms with E-state index in [-0.39, 0.29) is 5.97 Å². The number of rotatable bonds is 4. The number of carbonyl (C=O) groups is 1. The fraction of sp³-hybridized carbons (Fsp3) is 0.462. The van der Waals surface area contributed by atoms with Gasteiger partial charge in [0.25, 0.3) is 0 Å². The molecule has 0 aliphatic carbocycles. The first kappa shape index (κ1) is 12.5. The summed E-state index contributed by atoms with van der Waals surface area (Å²) in [5.74, 6) is 0.857. The van der Waals surface area contributed by atoms with Gasteiger partial charge in [0, 0.05) is 12.1 Å². The third kappa shape index (κ3) is 2.20. The maximum Gasteiger partial charge on any atom is 0.339 e. The molecule has 0 N–H and O–H groups in total. The van der Waals surface area contributed by atoms with Gasteiger partial charge in [0.05, 0.1) is 12.7 Å². The Morgan fingerprint density at radius 2 is 2.22 bits per heavy atom. The monoisotopic (exact) mass is 247 g/mol. The molecule has 0 bridgehead atoms. The van der Waals surface area contributed by atoms with Gasteiger partial charge in [-0.3, -0.25) is 4.40 Å². The molecule has 0 aromatic carbocycles. The summed E-state index contributed by atoms with van der Waals surface area (Å²) in [5, 5.41) is 8.31. The highest BCUT2D eigenvalue weighted by molar-refractivity contribution is 5.89. The first-order valence-electron chi connectivity index (χ1n) is 6.10. The minimum atomic E-state index is -0.348. The number of fused-ring (bicyclic) bond motifs is 1. The van der Waals surface area contributed by atoms with Crippen LogP contribution in [0.4, 0.5) is 0 Å². The lowest BCUT2D eigenvalue weighted by Crippen LogP contribution is -2.05. The van der Waals surface area contributed by atoms with Gasteiger partial charge < -0.3 is 4.74 Å². The Kier molecular flexibility index (Phi) is 3.60. The number of methoxy groups -OCH3 is 1. The average molecular weight is 247 g/mol. The first-order valence-corrected chi connectivity index (χ1v) is 6.10. The largest absolute Gasteiger partial charge is 0.465 e. The van der Waals surface area contributed by atoms with Crippen molar-refractivity contribution in [3.63, 3.8) is 0 Å². The number of hydrogen-bond acceptors (Lipinski definition) is 4. The lowest BCUT2D eigenvalue weighted by Gasteiger charge is -2.08. The molecule has 5 nitrogen and oxygen atoms in total. The van der Waals surface area contributed by atoms with Gasteiger partial charge in [-0.1, -0.05) is 20.3 Å². The second-order valence-electron chi connectivity index (χ2n) is 4.39. The molecule has 2 aromatic rings. The number of nitrogens with zero attached hydrogens (tertiary/aromatic N) is 3. The van der Waals surface area contributed by atoms with E-state index < -0.39 is 0 Å². The van der Waals surface area contributed by atoms with Crippen LogP contribution in [0.25, 0.3) is 5.65 Å². The maximum atomic E-state index is 11.5. The quantitative estimate of drug-likeness (QED) is 0.778. The second-order valence-corrected chi connectivity index (χ2v) is 4.39. The summed E-state index contributed by atoms with van der Waals surface area (Å²) >= 11 is 0. The molecular formula is C13H17N3O2. The molecular weight excluding hydrogens is 230 g/mol. The summed E-state index contributed by atoms with van der Waals surface area (Å²) in [7, 11) is 1.37. The Balaban J connectivity index is 2.46. The second kappa shape index (κ2) is 5.16. The van der Waals surface area contributed by atoms with E-state index >= 15 is 0 Å². The van der Waals surface area contributed by atoms with Crippen LogP contribution in [0, 0.1) is 0 Å². The first-order chi connectivity index (χ1) is 8.67. The van der Waals surface area contributed by atoms with Crippen molar-refractivity contribution in [2.45, 2.75) is 32.6 Å². The van der Waals surface area contributed by atoms with Crippen molar-refractivity contribution in [1.82, 2.24) is 14.6 Å². The zero-order chi connectivity index (χ0) is 13.1. The van der Waals surface area contributed by atoms with Gasteiger partial charge in [0.1, 0.15) is 5.82 Å². The molecule has 0 radical (unpaired) electrons. The summed E-state index contributed by atoms with van der Waals surface area (Å²) in [6.45, 7) is 4.25. The van der Waals surface area contributed by atoms with Crippen LogP contribution in [0.2, 0.25) is 0 Å². The van der Waals surface area contributed by atoms with Crippen LogP contribution in [0.15, 0.2) is 18.3 Å². The molecule has 2 rings (SSSR count). The topological polar surface area (TPSA) is 56.5 Å². The summed E-state index contributed by atoms with van der Waals surface area (Å²) in [4.78, 5) is 11.5. The highest BCUT2D eigenvalue weighted by atomic mass is 16.5. The molecule has 5 heteroatoms. The van der Waals surface area contributed by atoms with Crippen molar-refractivity contribution in [3.8, 4) is 0 Å². The Morgan fingerprint density at radius 3 is 2.89 bits per heavy atom. The SMILES string of the molecule is CCCC(C)c1nnc2ccc(C(=O)OC)cn12. The highest BCUT2D eigenvalue weighted by Gasteiger charge is 2.14. The summed E-state index contributed by atoms with van der Waals surface area (Å²) in [6, 6.07) is 3.48. The van der Waals surface area contributed by atoms with E-state index in [1.54, 1.807) is 18.3 Å². The molecule has 2 aromatic heterocycles. The lowest BCUT2D eigenvalue weighted by molar-refractivity contribution is 0.0600. The zero-order valence-electron chi connectivity index (χ0n) is 10.9. The average Bonchev–Trinajstić information content (AvgIpc) is 2.80. The van der Waals surface area contributed by atoms with E-state index in [2.05, 4.69) is 24.0 Å². The minimum Gasteiger partial charge on any atom is -0.465 e. The fourth-order valence-corrected chi connectivity index (χ4v) is 2.05. The molecule has 0 aliphatic rings. The summed E-state index contributed by atoms with van der Waals surface area (Å²) in [6.07, 6.45) is 3.87. The van der Waals surface area contributed by atoms with Gasteiger partial charge >= 0.3 is 5.97 Å². The Bertz CT molecular complexity index is 562. The molecule has 96 valence electrons. The van der Waals surface area contributed by atoms with Gasteiger partial charge in [0.15, 0.2) is 5.65 Å². The summed E-state index contributed by atoms with van der Waals surface area (Å²) in [5.41, 5.74) is 1.26. The van der Waals surface area contributed by atoms with Crippen molar-refractivity contribution >= 4 is 11.6 Å². The van der Waals surface area contributed by atoms with E-state index in [1.165, 1.54) is 7.11 Å². The molecule has 0 spiro atoms. The van der Waals surface area contributed by atoms with Crippen LogP contribution in [-0.2, 0) is 4.74 Å². The molecule has 2 heterocycles. The molecule has 1 atom stereocenters. The van der Waals surface area contributed by atoms with Gasteiger partial charge in [-0.15, -0.1) is 10.2 Å². The number of aromatic nitrogens is 3. The van der Waals surface area contributed by atoms with Crippen LogP contribution in [0.3, 0.4) is 0 Å². The number of pyridine rings is 1. The third-order valence-electron chi connectivity index (χ3n) is 3.01. The smallest absolute Gasteiger partial charge is 0.339 e. The molecule has 0 aliphatic heterocycles. The van der Waals surface area contributed by atoms with Crippen LogP contribution < -0.4 is 0 Å². The Hall–Kier alpha value is -1.91. The maximum absolute atomic E-state index is 11.5. The zero-order valence-corrected chi connectivity index (χ0v) is 10.9. The number of esters is 1. The van der Waals surface area contributed by atoms with E-state index in [9.17, 15) is 4.79 Å². The summed E-state index contributed by atoms with van der Waals surface area (Å²) < 4.78 is 6.58. The predicted octanol–water partition coefficient (Wildman–Crippen LogP) is 2.42. The number of ether oxygens (including phenoxy) is 1. The number of hydrogen-bond donors (Lipinski definition) is 0. The van der Waals surface area contributed by atoms with Crippen LogP contribution >= 0.6 is 0 Å². The fourth-order valence-electron chi connectivity index (χ4n) is 2.05. The van der Waals surface area contributed by atoms with Crippen molar-refractivity contribution in [2.75, 3.05) is 7.11 Å². The van der Waals surface area contributed by atoms with Crippen molar-refractivity contribution < 1.29 is 9.53 Å². The van der Waals surface area contributed by atoms with Crippen LogP contribution in [0.1, 0.15) is 48.8 Å². The molecule has 18 heavy (non-hydrogen) atoms. The Morgan fingerprint density at radius 1 is 1.44 bits per heavy atom. The van der Waals surface area contributed by atoms with E-state index in [0.29, 0.717) is 11.5 Å². The Labute approximate surface area is 106 Å². The van der Waals surface area contributed by atoms with Crippen LogP contribution in [0.5, 0.6) is 0 Å². The number of carbonyl (C=O) groups excluding carboxylic acids is 1. The van der Waals surface area contributed by atoms with E-state index in [4.69, 9.17) is 4.74 Å². The predicted molar refractivity (Wildman–Crippen MR) is 67.6 cm³/mol. The lowest BCUT2D eigenvalue weighted by atomic mass is 10.1. The standard InChI is InChI=1S/C13H17N3O2/c1-4-5-9(2)12-15-14-11-7-6-10(8-16(11)12)13(17)18-3/h6-9H,4-5H2,1-3H3. The highest BCUT2D eigenvalue weighted by Crippen LogP contribution is 2.20. The van der Waals surface area contributed by atoms with E-state index in [1.807, 2.05) is 4.40 Å². The molecule has 0 saturated heterocycles. The van der Waals surface area contributed by atoms with Crippen LogP contribution in [-0.4, -0.2) is 27.7 Å². The molecule has 0 saturated carbocycles. The van der Waals surface area contributed by atoms with Gasteiger partial charge in [-0.2, -0.15) is 0 Å². The van der Waals surface area contributed by atoms with Crippen molar-refractivity contribution in [1.29, 1.82) is 0 Å². The van der Waals surface area contributed by atoms with E-state index in [0.717, 1.165) is 24.3 Å². The van der Waals surface area contributed by atoms with Gasteiger partial charge in [-0.05, 0) is 18.6 Å².